The minimum Gasteiger partial charge on any atom is -0.466 e. The number of thiazole rings is 1. The molecule has 0 radical (unpaired) electrons. The molecule has 1 saturated heterocycles. The van der Waals surface area contributed by atoms with Gasteiger partial charge in [-0.15, -0.1) is 35.3 Å². The van der Waals surface area contributed by atoms with Gasteiger partial charge in [-0.1, -0.05) is 0 Å². The number of nitrogens with one attached hydrogen (secondary N) is 1. The number of aliphatic imine (C=N–C) groups is 1. The fraction of sp³-hybridized carbons (Fsp3) is 0.688. The molecule has 0 saturated carbocycles. The quantitative estimate of drug-likeness (QED) is 0.320. The summed E-state index contributed by atoms with van der Waals surface area (Å²) >= 11 is 1.71. The molecule has 1 aliphatic heterocycles. The molecule has 1 N–H and O–H groups in total. The van der Waals surface area contributed by atoms with Crippen LogP contribution in [0.4, 0.5) is 0 Å². The monoisotopic (exact) mass is 466 g/mol. The maximum Gasteiger partial charge on any atom is 0.309 e. The molecule has 0 amide bonds. The van der Waals surface area contributed by atoms with Crippen molar-refractivity contribution in [2.45, 2.75) is 40.2 Å². The summed E-state index contributed by atoms with van der Waals surface area (Å²) in [5.41, 5.74) is 1.09. The third-order valence-corrected chi connectivity index (χ3v) is 5.17. The largest absolute Gasteiger partial charge is 0.466 e. The highest BCUT2D eigenvalue weighted by molar-refractivity contribution is 14.0. The number of hydrogen-bond donors (Lipinski definition) is 1. The van der Waals surface area contributed by atoms with Crippen molar-refractivity contribution in [3.63, 3.8) is 0 Å². The van der Waals surface area contributed by atoms with Gasteiger partial charge in [0.1, 0.15) is 5.01 Å². The lowest BCUT2D eigenvalue weighted by atomic mass is 9.97. The predicted octanol–water partition coefficient (Wildman–Crippen LogP) is 2.73. The Kier molecular flexibility index (Phi) is 8.96. The van der Waals surface area contributed by atoms with E-state index in [0.29, 0.717) is 13.2 Å². The molecule has 0 bridgehead atoms. The number of rotatable bonds is 4. The lowest BCUT2D eigenvalue weighted by molar-refractivity contribution is -0.149. The molecule has 8 heteroatoms. The van der Waals surface area contributed by atoms with E-state index in [1.54, 1.807) is 18.4 Å². The zero-order valence-corrected chi connectivity index (χ0v) is 17.9. The number of aromatic nitrogens is 1. The normalized spacial score (nSPS) is 15.8. The summed E-state index contributed by atoms with van der Waals surface area (Å²) in [4.78, 5) is 24.1. The third-order valence-electron chi connectivity index (χ3n) is 4.10. The number of carbonyl (C=O) groups is 1. The van der Waals surface area contributed by atoms with Crippen molar-refractivity contribution in [2.75, 3.05) is 26.7 Å². The fourth-order valence-corrected chi connectivity index (χ4v) is 3.56. The zero-order chi connectivity index (χ0) is 16.8. The van der Waals surface area contributed by atoms with E-state index in [4.69, 9.17) is 4.74 Å². The van der Waals surface area contributed by atoms with Crippen LogP contribution in [0, 0.1) is 19.8 Å². The highest BCUT2D eigenvalue weighted by atomic mass is 127. The van der Waals surface area contributed by atoms with Crippen LogP contribution in [-0.4, -0.2) is 48.6 Å². The van der Waals surface area contributed by atoms with Gasteiger partial charge in [0.25, 0.3) is 0 Å². The molecule has 0 spiro atoms. The van der Waals surface area contributed by atoms with Crippen molar-refractivity contribution < 1.29 is 9.53 Å². The summed E-state index contributed by atoms with van der Waals surface area (Å²) < 4.78 is 5.11. The van der Waals surface area contributed by atoms with Crippen molar-refractivity contribution >= 4 is 47.2 Å². The number of carbonyl (C=O) groups excluding carboxylic acids is 1. The Morgan fingerprint density at radius 1 is 1.42 bits per heavy atom. The number of ether oxygens (including phenoxy) is 1. The van der Waals surface area contributed by atoms with Crippen LogP contribution in [-0.2, 0) is 16.1 Å². The minimum atomic E-state index is -0.0659. The SMILES string of the molecule is CCOC(=O)C1CCN(C(=NC)NCc2nc(C)c(C)s2)CC1.I. The minimum absolute atomic E-state index is 0. The molecule has 0 aliphatic carbocycles. The topological polar surface area (TPSA) is 66.8 Å². The van der Waals surface area contributed by atoms with Crippen LogP contribution < -0.4 is 5.32 Å². The predicted molar refractivity (Wildman–Crippen MR) is 108 cm³/mol. The maximum atomic E-state index is 11.8. The van der Waals surface area contributed by atoms with Crippen LogP contribution in [0.1, 0.15) is 35.3 Å². The first kappa shape index (κ1) is 21.1. The number of likely N-dealkylation sites (tertiary alicyclic amines) is 1. The third kappa shape index (κ3) is 5.58. The number of aryl methyl sites for hydroxylation is 2. The van der Waals surface area contributed by atoms with E-state index >= 15 is 0 Å². The van der Waals surface area contributed by atoms with Gasteiger partial charge in [0.05, 0.1) is 24.8 Å². The van der Waals surface area contributed by atoms with E-state index in [1.165, 1.54) is 4.88 Å². The van der Waals surface area contributed by atoms with E-state index < -0.39 is 0 Å². The van der Waals surface area contributed by atoms with E-state index in [1.807, 2.05) is 13.8 Å². The van der Waals surface area contributed by atoms with Crippen LogP contribution in [0.3, 0.4) is 0 Å². The molecule has 0 aromatic carbocycles. The standard InChI is InChI=1S/C16H26N4O2S.HI/c1-5-22-15(21)13-6-8-20(9-7-13)16(17-4)18-10-14-19-11(2)12(3)23-14;/h13H,5-10H2,1-4H3,(H,17,18);1H. The van der Waals surface area contributed by atoms with Crippen LogP contribution in [0.5, 0.6) is 0 Å². The molecule has 2 heterocycles. The van der Waals surface area contributed by atoms with Gasteiger partial charge in [-0.3, -0.25) is 9.79 Å². The molecule has 0 atom stereocenters. The summed E-state index contributed by atoms with van der Waals surface area (Å²) in [6.45, 7) is 8.74. The molecule has 1 aromatic heterocycles. The van der Waals surface area contributed by atoms with Crippen molar-refractivity contribution in [1.29, 1.82) is 0 Å². The highest BCUT2D eigenvalue weighted by Gasteiger charge is 2.27. The lowest BCUT2D eigenvalue weighted by Gasteiger charge is -2.33. The van der Waals surface area contributed by atoms with Crippen molar-refractivity contribution in [2.24, 2.45) is 10.9 Å². The number of esters is 1. The molecule has 1 aliphatic rings. The van der Waals surface area contributed by atoms with Gasteiger partial charge in [0.15, 0.2) is 5.96 Å². The fourth-order valence-electron chi connectivity index (χ4n) is 2.69. The second kappa shape index (κ2) is 10.2. The van der Waals surface area contributed by atoms with Gasteiger partial charge in [0, 0.05) is 25.0 Å². The number of guanidine groups is 1. The van der Waals surface area contributed by atoms with Gasteiger partial charge in [0.2, 0.25) is 0 Å². The summed E-state index contributed by atoms with van der Waals surface area (Å²) in [6.07, 6.45) is 1.63. The Morgan fingerprint density at radius 2 is 2.08 bits per heavy atom. The van der Waals surface area contributed by atoms with Gasteiger partial charge < -0.3 is 15.0 Å². The first-order valence-electron chi connectivity index (χ1n) is 8.10. The molecule has 0 unspecified atom stereocenters. The molecule has 136 valence electrons. The Balaban J connectivity index is 0.00000288. The molecule has 24 heavy (non-hydrogen) atoms. The maximum absolute atomic E-state index is 11.8. The Labute approximate surface area is 165 Å². The van der Waals surface area contributed by atoms with Crippen molar-refractivity contribution in [3.8, 4) is 0 Å². The second-order valence-corrected chi connectivity index (χ2v) is 6.95. The van der Waals surface area contributed by atoms with Gasteiger partial charge in [-0.25, -0.2) is 4.98 Å². The lowest BCUT2D eigenvalue weighted by Crippen LogP contribution is -2.46. The highest BCUT2D eigenvalue weighted by Crippen LogP contribution is 2.19. The van der Waals surface area contributed by atoms with E-state index in [2.05, 4.69) is 27.1 Å². The van der Waals surface area contributed by atoms with Gasteiger partial charge >= 0.3 is 5.97 Å². The van der Waals surface area contributed by atoms with E-state index in [0.717, 1.165) is 42.6 Å². The average molecular weight is 466 g/mol. The molecule has 1 fully saturated rings. The smallest absolute Gasteiger partial charge is 0.309 e. The van der Waals surface area contributed by atoms with Crippen LogP contribution in [0.2, 0.25) is 0 Å². The Bertz CT molecular complexity index is 549. The number of piperidine rings is 1. The van der Waals surface area contributed by atoms with Gasteiger partial charge in [-0.05, 0) is 33.6 Å². The van der Waals surface area contributed by atoms with Gasteiger partial charge in [-0.2, -0.15) is 0 Å². The van der Waals surface area contributed by atoms with Crippen LogP contribution >= 0.6 is 35.3 Å². The molecule has 2 rings (SSSR count). The molecular formula is C16H27IN4O2S. The summed E-state index contributed by atoms with van der Waals surface area (Å²) in [6, 6.07) is 0. The average Bonchev–Trinajstić information content (AvgIpc) is 2.87. The second-order valence-electron chi connectivity index (χ2n) is 5.66. The van der Waals surface area contributed by atoms with Crippen molar-refractivity contribution in [1.82, 2.24) is 15.2 Å². The first-order valence-corrected chi connectivity index (χ1v) is 8.92. The zero-order valence-electron chi connectivity index (χ0n) is 14.8. The molecular weight excluding hydrogens is 439 g/mol. The van der Waals surface area contributed by atoms with Crippen LogP contribution in [0.25, 0.3) is 0 Å². The summed E-state index contributed by atoms with van der Waals surface area (Å²) in [7, 11) is 1.79. The number of halogens is 1. The Hall–Kier alpha value is -0.900. The number of nitrogens with zero attached hydrogens (tertiary/aromatic N) is 3. The summed E-state index contributed by atoms with van der Waals surface area (Å²) in [5, 5.41) is 4.44. The van der Waals surface area contributed by atoms with E-state index in [-0.39, 0.29) is 35.9 Å². The molecule has 1 aromatic rings. The Morgan fingerprint density at radius 3 is 2.58 bits per heavy atom. The van der Waals surface area contributed by atoms with Crippen LogP contribution in [0.15, 0.2) is 4.99 Å². The molecule has 6 nitrogen and oxygen atoms in total. The van der Waals surface area contributed by atoms with E-state index in [9.17, 15) is 4.79 Å². The first-order chi connectivity index (χ1) is 11.0. The summed E-state index contributed by atoms with van der Waals surface area (Å²) in [5.74, 6) is 0.829. The van der Waals surface area contributed by atoms with Crippen molar-refractivity contribution in [3.05, 3.63) is 15.6 Å². The number of hydrogen-bond acceptors (Lipinski definition) is 5.